The fourth-order valence-electron chi connectivity index (χ4n) is 2.53. The van der Waals surface area contributed by atoms with Crippen molar-refractivity contribution in [2.24, 2.45) is 11.8 Å². The Hall–Kier alpha value is -1.75. The van der Waals surface area contributed by atoms with E-state index in [-0.39, 0.29) is 11.8 Å². The third kappa shape index (κ3) is 3.47. The van der Waals surface area contributed by atoms with Gasteiger partial charge in [0.25, 0.3) is 0 Å². The lowest BCUT2D eigenvalue weighted by Crippen LogP contribution is -2.49. The van der Waals surface area contributed by atoms with Crippen LogP contribution in [0.3, 0.4) is 0 Å². The summed E-state index contributed by atoms with van der Waals surface area (Å²) in [6.45, 7) is 4.42. The van der Waals surface area contributed by atoms with Gasteiger partial charge in [0.2, 0.25) is 5.91 Å². The molecule has 1 amide bonds. The SMILES string of the molecule is COc1ccc(CN(C)C(=O)C(C)C2CNC2)c(OC)c1. The van der Waals surface area contributed by atoms with E-state index < -0.39 is 0 Å². The smallest absolute Gasteiger partial charge is 0.225 e. The Morgan fingerprint density at radius 2 is 2.10 bits per heavy atom. The molecular formula is C16H24N2O3. The van der Waals surface area contributed by atoms with Crippen molar-refractivity contribution in [3.63, 3.8) is 0 Å². The Morgan fingerprint density at radius 3 is 2.62 bits per heavy atom. The van der Waals surface area contributed by atoms with Gasteiger partial charge < -0.3 is 19.7 Å². The molecule has 1 N–H and O–H groups in total. The van der Waals surface area contributed by atoms with Gasteiger partial charge in [0.1, 0.15) is 11.5 Å². The third-order valence-corrected chi connectivity index (χ3v) is 4.19. The minimum atomic E-state index is 0.0560. The number of nitrogens with zero attached hydrogens (tertiary/aromatic N) is 1. The van der Waals surface area contributed by atoms with E-state index in [2.05, 4.69) is 5.32 Å². The van der Waals surface area contributed by atoms with Gasteiger partial charge in [0.05, 0.1) is 14.2 Å². The van der Waals surface area contributed by atoms with Gasteiger partial charge in [-0.3, -0.25) is 4.79 Å². The van der Waals surface area contributed by atoms with Crippen molar-refractivity contribution in [2.45, 2.75) is 13.5 Å². The van der Waals surface area contributed by atoms with Gasteiger partial charge in [-0.2, -0.15) is 0 Å². The van der Waals surface area contributed by atoms with Gasteiger partial charge in [-0.15, -0.1) is 0 Å². The largest absolute Gasteiger partial charge is 0.497 e. The number of rotatable bonds is 6. The molecule has 1 atom stereocenters. The van der Waals surface area contributed by atoms with Crippen LogP contribution >= 0.6 is 0 Å². The highest BCUT2D eigenvalue weighted by Crippen LogP contribution is 2.26. The second-order valence-corrected chi connectivity index (χ2v) is 5.58. The zero-order valence-corrected chi connectivity index (χ0v) is 13.2. The highest BCUT2D eigenvalue weighted by atomic mass is 16.5. The van der Waals surface area contributed by atoms with Crippen LogP contribution in [0.1, 0.15) is 12.5 Å². The van der Waals surface area contributed by atoms with Crippen LogP contribution in [-0.4, -0.2) is 45.2 Å². The predicted octanol–water partition coefficient (Wildman–Crippen LogP) is 1.52. The third-order valence-electron chi connectivity index (χ3n) is 4.19. The quantitative estimate of drug-likeness (QED) is 0.863. The molecule has 1 aliphatic heterocycles. The van der Waals surface area contributed by atoms with Crippen molar-refractivity contribution in [1.82, 2.24) is 10.2 Å². The second-order valence-electron chi connectivity index (χ2n) is 5.58. The van der Waals surface area contributed by atoms with Crippen LogP contribution in [0.5, 0.6) is 11.5 Å². The van der Waals surface area contributed by atoms with Crippen LogP contribution < -0.4 is 14.8 Å². The van der Waals surface area contributed by atoms with Crippen LogP contribution in [0.25, 0.3) is 0 Å². The number of ether oxygens (including phenoxy) is 2. The van der Waals surface area contributed by atoms with E-state index in [1.165, 1.54) is 0 Å². The molecular weight excluding hydrogens is 268 g/mol. The highest BCUT2D eigenvalue weighted by Gasteiger charge is 2.30. The van der Waals surface area contributed by atoms with Crippen molar-refractivity contribution in [3.05, 3.63) is 23.8 Å². The van der Waals surface area contributed by atoms with E-state index in [0.29, 0.717) is 12.5 Å². The molecule has 1 saturated heterocycles. The Balaban J connectivity index is 2.04. The van der Waals surface area contributed by atoms with Crippen molar-refractivity contribution in [1.29, 1.82) is 0 Å². The fraction of sp³-hybridized carbons (Fsp3) is 0.562. The molecule has 21 heavy (non-hydrogen) atoms. The maximum Gasteiger partial charge on any atom is 0.225 e. The molecule has 0 radical (unpaired) electrons. The average Bonchev–Trinajstić information content (AvgIpc) is 2.44. The standard InChI is InChI=1S/C16H24N2O3/c1-11(13-8-17-9-13)16(19)18(2)10-12-5-6-14(20-3)7-15(12)21-4/h5-7,11,13,17H,8-10H2,1-4H3. The van der Waals surface area contributed by atoms with E-state index in [4.69, 9.17) is 9.47 Å². The lowest BCUT2D eigenvalue weighted by molar-refractivity contribution is -0.136. The zero-order chi connectivity index (χ0) is 15.4. The summed E-state index contributed by atoms with van der Waals surface area (Å²) in [6.07, 6.45) is 0. The Kier molecular flexibility index (Phi) is 5.07. The lowest BCUT2D eigenvalue weighted by atomic mass is 9.88. The maximum atomic E-state index is 12.4. The molecule has 2 rings (SSSR count). The summed E-state index contributed by atoms with van der Waals surface area (Å²) in [5.74, 6) is 2.18. The summed E-state index contributed by atoms with van der Waals surface area (Å²) in [7, 11) is 5.09. The van der Waals surface area contributed by atoms with Crippen LogP contribution in [0.2, 0.25) is 0 Å². The predicted molar refractivity (Wildman–Crippen MR) is 81.5 cm³/mol. The minimum absolute atomic E-state index is 0.0560. The Bertz CT molecular complexity index is 500. The van der Waals surface area contributed by atoms with Crippen LogP contribution in [0.15, 0.2) is 18.2 Å². The van der Waals surface area contributed by atoms with Gasteiger partial charge >= 0.3 is 0 Å². The Labute approximate surface area is 126 Å². The number of carbonyl (C=O) groups excluding carboxylic acids is 1. The fourth-order valence-corrected chi connectivity index (χ4v) is 2.53. The van der Waals surface area contributed by atoms with Crippen molar-refractivity contribution >= 4 is 5.91 Å². The van der Waals surface area contributed by atoms with E-state index in [9.17, 15) is 4.79 Å². The summed E-state index contributed by atoms with van der Waals surface area (Å²) in [5.41, 5.74) is 0.980. The zero-order valence-electron chi connectivity index (χ0n) is 13.2. The molecule has 1 aliphatic rings. The number of amides is 1. The topological polar surface area (TPSA) is 50.8 Å². The summed E-state index contributed by atoms with van der Waals surface area (Å²) < 4.78 is 10.6. The summed E-state index contributed by atoms with van der Waals surface area (Å²) >= 11 is 0. The monoisotopic (exact) mass is 292 g/mol. The summed E-state index contributed by atoms with van der Waals surface area (Å²) in [6, 6.07) is 5.67. The molecule has 0 spiro atoms. The van der Waals surface area contributed by atoms with Gasteiger partial charge in [-0.05, 0) is 31.1 Å². The molecule has 0 bridgehead atoms. The van der Waals surface area contributed by atoms with E-state index in [1.54, 1.807) is 19.1 Å². The van der Waals surface area contributed by atoms with Gasteiger partial charge in [0.15, 0.2) is 0 Å². The van der Waals surface area contributed by atoms with Gasteiger partial charge in [-0.1, -0.05) is 6.92 Å². The molecule has 0 saturated carbocycles. The lowest BCUT2D eigenvalue weighted by Gasteiger charge is -2.34. The van der Waals surface area contributed by atoms with Crippen molar-refractivity contribution in [2.75, 3.05) is 34.4 Å². The first-order valence-electron chi connectivity index (χ1n) is 7.23. The van der Waals surface area contributed by atoms with Crippen LogP contribution in [0, 0.1) is 11.8 Å². The number of benzene rings is 1. The number of nitrogens with one attached hydrogen (secondary N) is 1. The molecule has 1 fully saturated rings. The summed E-state index contributed by atoms with van der Waals surface area (Å²) in [4.78, 5) is 14.2. The number of carbonyl (C=O) groups is 1. The normalized spacial score (nSPS) is 16.0. The number of hydrogen-bond donors (Lipinski definition) is 1. The minimum Gasteiger partial charge on any atom is -0.497 e. The molecule has 1 aromatic carbocycles. The van der Waals surface area contributed by atoms with Crippen molar-refractivity contribution < 1.29 is 14.3 Å². The molecule has 5 heteroatoms. The summed E-state index contributed by atoms with van der Waals surface area (Å²) in [5, 5.41) is 3.21. The Morgan fingerprint density at radius 1 is 1.38 bits per heavy atom. The molecule has 1 heterocycles. The molecule has 1 unspecified atom stereocenters. The van der Waals surface area contributed by atoms with E-state index in [0.717, 1.165) is 30.2 Å². The molecule has 116 valence electrons. The average molecular weight is 292 g/mol. The first-order valence-corrected chi connectivity index (χ1v) is 7.23. The number of hydrogen-bond acceptors (Lipinski definition) is 4. The highest BCUT2D eigenvalue weighted by molar-refractivity contribution is 5.78. The maximum absolute atomic E-state index is 12.4. The van der Waals surface area contributed by atoms with Gasteiger partial charge in [-0.25, -0.2) is 0 Å². The first kappa shape index (κ1) is 15.6. The first-order chi connectivity index (χ1) is 10.1. The van der Waals surface area contributed by atoms with Crippen LogP contribution in [-0.2, 0) is 11.3 Å². The van der Waals surface area contributed by atoms with E-state index >= 15 is 0 Å². The van der Waals surface area contributed by atoms with E-state index in [1.807, 2.05) is 32.2 Å². The molecule has 0 aliphatic carbocycles. The second kappa shape index (κ2) is 6.80. The van der Waals surface area contributed by atoms with Crippen LogP contribution in [0.4, 0.5) is 0 Å². The molecule has 1 aromatic rings. The van der Waals surface area contributed by atoms with Crippen molar-refractivity contribution in [3.8, 4) is 11.5 Å². The molecule has 0 aromatic heterocycles. The number of methoxy groups -OCH3 is 2. The molecule has 5 nitrogen and oxygen atoms in total. The van der Waals surface area contributed by atoms with Gasteiger partial charge in [0, 0.05) is 31.1 Å².